The summed E-state index contributed by atoms with van der Waals surface area (Å²) in [6.07, 6.45) is 6.60. The van der Waals surface area contributed by atoms with Crippen molar-refractivity contribution in [3.05, 3.63) is 41.7 Å². The first-order valence-electron chi connectivity index (χ1n) is 7.34. The molecule has 1 aliphatic heterocycles. The molecule has 1 aromatic carbocycles. The van der Waals surface area contributed by atoms with Gasteiger partial charge in [0.2, 0.25) is 0 Å². The fourth-order valence-electron chi connectivity index (χ4n) is 3.07. The van der Waals surface area contributed by atoms with Gasteiger partial charge in [0, 0.05) is 24.3 Å². The van der Waals surface area contributed by atoms with Crippen molar-refractivity contribution >= 4 is 10.8 Å². The summed E-state index contributed by atoms with van der Waals surface area (Å²) in [5, 5.41) is 6.14. The molecule has 1 aromatic heterocycles. The van der Waals surface area contributed by atoms with Crippen LogP contribution in [0.1, 0.15) is 49.7 Å². The number of fused-ring (bicyclic) bond motifs is 1. The quantitative estimate of drug-likeness (QED) is 0.881. The largest absolute Gasteiger partial charge is 0.316 e. The Bertz CT molecular complexity index is 568. The van der Waals surface area contributed by atoms with Gasteiger partial charge >= 0.3 is 0 Å². The molecule has 0 amide bonds. The molecular weight excluding hydrogens is 232 g/mol. The van der Waals surface area contributed by atoms with E-state index in [9.17, 15) is 0 Å². The average Bonchev–Trinajstić information content (AvgIpc) is 2.47. The standard InChI is InChI=1S/C17H22N2/c1-12(2)17-11-19-10-15-8-13(5-6-16(15)17)14-4-3-7-18-9-14/h5-6,8,10-12,14,18H,3-4,7,9H2,1-2H3. The molecule has 19 heavy (non-hydrogen) atoms. The van der Waals surface area contributed by atoms with Gasteiger partial charge in [0.25, 0.3) is 0 Å². The Morgan fingerprint density at radius 3 is 2.89 bits per heavy atom. The zero-order valence-electron chi connectivity index (χ0n) is 11.8. The second kappa shape index (κ2) is 5.30. The van der Waals surface area contributed by atoms with Crippen molar-refractivity contribution in [2.24, 2.45) is 0 Å². The van der Waals surface area contributed by atoms with Crippen LogP contribution in [0.3, 0.4) is 0 Å². The van der Waals surface area contributed by atoms with Crippen LogP contribution < -0.4 is 5.32 Å². The molecule has 0 saturated carbocycles. The maximum absolute atomic E-state index is 4.40. The lowest BCUT2D eigenvalue weighted by Crippen LogP contribution is -2.28. The molecule has 1 saturated heterocycles. The van der Waals surface area contributed by atoms with E-state index in [2.05, 4.69) is 42.3 Å². The van der Waals surface area contributed by atoms with Crippen molar-refractivity contribution in [2.45, 2.75) is 38.5 Å². The Morgan fingerprint density at radius 2 is 2.16 bits per heavy atom. The van der Waals surface area contributed by atoms with Crippen molar-refractivity contribution in [2.75, 3.05) is 13.1 Å². The van der Waals surface area contributed by atoms with Crippen LogP contribution >= 0.6 is 0 Å². The molecule has 100 valence electrons. The van der Waals surface area contributed by atoms with E-state index in [1.807, 2.05) is 12.4 Å². The van der Waals surface area contributed by atoms with Crippen LogP contribution in [0, 0.1) is 0 Å². The van der Waals surface area contributed by atoms with Gasteiger partial charge in [0.1, 0.15) is 0 Å². The highest BCUT2D eigenvalue weighted by molar-refractivity contribution is 5.85. The molecule has 0 bridgehead atoms. The number of piperidine rings is 1. The Morgan fingerprint density at radius 1 is 1.26 bits per heavy atom. The molecule has 2 nitrogen and oxygen atoms in total. The predicted molar refractivity (Wildman–Crippen MR) is 80.7 cm³/mol. The number of hydrogen-bond donors (Lipinski definition) is 1. The SMILES string of the molecule is CC(C)c1cncc2cc(C3CCCNC3)ccc12. The number of hydrogen-bond acceptors (Lipinski definition) is 2. The van der Waals surface area contributed by atoms with Crippen LogP contribution in [0.25, 0.3) is 10.8 Å². The first kappa shape index (κ1) is 12.6. The summed E-state index contributed by atoms with van der Waals surface area (Å²) in [5.74, 6) is 1.19. The monoisotopic (exact) mass is 254 g/mol. The van der Waals surface area contributed by atoms with E-state index in [1.165, 1.54) is 41.3 Å². The highest BCUT2D eigenvalue weighted by atomic mass is 14.9. The number of rotatable bonds is 2. The molecule has 3 rings (SSSR count). The fraction of sp³-hybridized carbons (Fsp3) is 0.471. The summed E-state index contributed by atoms with van der Waals surface area (Å²) in [6.45, 7) is 6.75. The third kappa shape index (κ3) is 2.50. The maximum atomic E-state index is 4.40. The van der Waals surface area contributed by atoms with Crippen LogP contribution in [-0.4, -0.2) is 18.1 Å². The van der Waals surface area contributed by atoms with Crippen LogP contribution in [0.4, 0.5) is 0 Å². The minimum Gasteiger partial charge on any atom is -0.316 e. The Hall–Kier alpha value is -1.41. The van der Waals surface area contributed by atoms with Crippen LogP contribution in [0.2, 0.25) is 0 Å². The van der Waals surface area contributed by atoms with E-state index in [0.29, 0.717) is 11.8 Å². The maximum Gasteiger partial charge on any atom is 0.0346 e. The second-order valence-corrected chi connectivity index (χ2v) is 5.91. The molecule has 1 atom stereocenters. The van der Waals surface area contributed by atoms with Crippen molar-refractivity contribution in [1.29, 1.82) is 0 Å². The van der Waals surface area contributed by atoms with Crippen LogP contribution in [0.15, 0.2) is 30.6 Å². The summed E-state index contributed by atoms with van der Waals surface area (Å²) in [7, 11) is 0. The van der Waals surface area contributed by atoms with Crippen molar-refractivity contribution in [1.82, 2.24) is 10.3 Å². The van der Waals surface area contributed by atoms with E-state index in [-0.39, 0.29) is 0 Å². The van der Waals surface area contributed by atoms with Gasteiger partial charge in [0.05, 0.1) is 0 Å². The summed E-state index contributed by atoms with van der Waals surface area (Å²) >= 11 is 0. The highest BCUT2D eigenvalue weighted by Crippen LogP contribution is 2.29. The van der Waals surface area contributed by atoms with Crippen molar-refractivity contribution in [3.63, 3.8) is 0 Å². The Labute approximate surface area is 115 Å². The van der Waals surface area contributed by atoms with Crippen molar-refractivity contribution < 1.29 is 0 Å². The van der Waals surface area contributed by atoms with Gasteiger partial charge in [-0.05, 0) is 53.8 Å². The number of pyridine rings is 1. The van der Waals surface area contributed by atoms with E-state index >= 15 is 0 Å². The van der Waals surface area contributed by atoms with Gasteiger partial charge in [-0.1, -0.05) is 26.0 Å². The topological polar surface area (TPSA) is 24.9 Å². The van der Waals surface area contributed by atoms with Gasteiger partial charge in [-0.2, -0.15) is 0 Å². The van der Waals surface area contributed by atoms with E-state index in [1.54, 1.807) is 0 Å². The summed E-state index contributed by atoms with van der Waals surface area (Å²) in [6, 6.07) is 6.94. The normalized spacial score (nSPS) is 20.1. The van der Waals surface area contributed by atoms with Gasteiger partial charge < -0.3 is 5.32 Å². The molecule has 2 heterocycles. The van der Waals surface area contributed by atoms with E-state index < -0.39 is 0 Å². The molecule has 1 unspecified atom stereocenters. The first-order chi connectivity index (χ1) is 9.25. The molecule has 1 aliphatic rings. The number of nitrogens with one attached hydrogen (secondary N) is 1. The predicted octanol–water partition coefficient (Wildman–Crippen LogP) is 3.83. The fourth-order valence-corrected chi connectivity index (χ4v) is 3.07. The van der Waals surface area contributed by atoms with Crippen LogP contribution in [-0.2, 0) is 0 Å². The molecule has 1 fully saturated rings. The van der Waals surface area contributed by atoms with E-state index in [0.717, 1.165) is 6.54 Å². The summed E-state index contributed by atoms with van der Waals surface area (Å²) in [5.41, 5.74) is 2.81. The molecule has 2 heteroatoms. The average molecular weight is 254 g/mol. The number of nitrogens with zero attached hydrogens (tertiary/aromatic N) is 1. The van der Waals surface area contributed by atoms with Gasteiger partial charge in [-0.15, -0.1) is 0 Å². The minimum absolute atomic E-state index is 0.526. The van der Waals surface area contributed by atoms with Crippen LogP contribution in [0.5, 0.6) is 0 Å². The molecular formula is C17H22N2. The third-order valence-corrected chi connectivity index (χ3v) is 4.20. The molecule has 2 aromatic rings. The van der Waals surface area contributed by atoms with Gasteiger partial charge in [0.15, 0.2) is 0 Å². The first-order valence-corrected chi connectivity index (χ1v) is 7.34. The van der Waals surface area contributed by atoms with Crippen molar-refractivity contribution in [3.8, 4) is 0 Å². The Balaban J connectivity index is 2.01. The molecule has 1 N–H and O–H groups in total. The third-order valence-electron chi connectivity index (χ3n) is 4.20. The second-order valence-electron chi connectivity index (χ2n) is 5.91. The number of benzene rings is 1. The van der Waals surface area contributed by atoms with E-state index in [4.69, 9.17) is 0 Å². The minimum atomic E-state index is 0.526. The smallest absolute Gasteiger partial charge is 0.0346 e. The summed E-state index contributed by atoms with van der Waals surface area (Å²) < 4.78 is 0. The molecule has 0 radical (unpaired) electrons. The summed E-state index contributed by atoms with van der Waals surface area (Å²) in [4.78, 5) is 4.40. The lowest BCUT2D eigenvalue weighted by Gasteiger charge is -2.23. The zero-order chi connectivity index (χ0) is 13.2. The zero-order valence-corrected chi connectivity index (χ0v) is 11.8. The molecule has 0 aliphatic carbocycles. The number of aromatic nitrogens is 1. The Kier molecular flexibility index (Phi) is 3.52. The van der Waals surface area contributed by atoms with Gasteiger partial charge in [-0.3, -0.25) is 4.98 Å². The lowest BCUT2D eigenvalue weighted by molar-refractivity contribution is 0.462. The van der Waals surface area contributed by atoms with Gasteiger partial charge in [-0.25, -0.2) is 0 Å². The lowest BCUT2D eigenvalue weighted by atomic mass is 9.89. The molecule has 0 spiro atoms. The highest BCUT2D eigenvalue weighted by Gasteiger charge is 2.16.